The Morgan fingerprint density at radius 1 is 1.42 bits per heavy atom. The summed E-state index contributed by atoms with van der Waals surface area (Å²) in [4.78, 5) is 18.5. The molecule has 8 heteroatoms. The van der Waals surface area contributed by atoms with Crippen molar-refractivity contribution in [2.45, 2.75) is 13.1 Å². The van der Waals surface area contributed by atoms with Crippen LogP contribution in [-0.4, -0.2) is 23.2 Å². The number of rotatable bonds is 0. The number of hydrogen-bond donors (Lipinski definition) is 3. The Bertz CT molecular complexity index is 167. The molecule has 0 unspecified atom stereocenters. The third-order valence-corrected chi connectivity index (χ3v) is 0.446. The number of hydrogen-bond acceptors (Lipinski definition) is 3. The summed E-state index contributed by atoms with van der Waals surface area (Å²) < 4.78 is 31.7. The minimum Gasteiger partial charge on any atom is -0.475 e. The standard InChI is InChI=1S/C2HF3O2.C2H6N2O/c3-2(4,5)1(6)7;1-2(5)4-3/h(H,6,7);3H2,1H3,(H,4,5). The molecule has 0 radical (unpaired) electrons. The Hall–Kier alpha value is -1.31. The number of carboxylic acids is 1. The second-order valence-electron chi connectivity index (χ2n) is 1.50. The van der Waals surface area contributed by atoms with E-state index in [2.05, 4.69) is 5.84 Å². The van der Waals surface area contributed by atoms with Crippen LogP contribution in [0.4, 0.5) is 13.2 Å². The minimum atomic E-state index is -5.08. The second-order valence-corrected chi connectivity index (χ2v) is 1.50. The van der Waals surface area contributed by atoms with E-state index in [9.17, 15) is 18.0 Å². The first kappa shape index (κ1) is 13.3. The fourth-order valence-electron chi connectivity index (χ4n) is 0. The summed E-state index contributed by atoms with van der Waals surface area (Å²) in [7, 11) is 0. The third kappa shape index (κ3) is 11.5. The summed E-state index contributed by atoms with van der Waals surface area (Å²) in [5.74, 6) is 1.60. The van der Waals surface area contributed by atoms with Gasteiger partial charge in [-0.05, 0) is 0 Å². The average Bonchev–Trinajstić information content (AvgIpc) is 1.87. The zero-order chi connectivity index (χ0) is 10.4. The lowest BCUT2D eigenvalue weighted by Gasteiger charge is -1.93. The molecule has 0 heterocycles. The van der Waals surface area contributed by atoms with Crippen molar-refractivity contribution in [3.8, 4) is 0 Å². The van der Waals surface area contributed by atoms with E-state index in [1.54, 1.807) is 0 Å². The number of carbonyl (C=O) groups excluding carboxylic acids is 1. The summed E-state index contributed by atoms with van der Waals surface area (Å²) in [5, 5.41) is 7.12. The van der Waals surface area contributed by atoms with Gasteiger partial charge in [-0.3, -0.25) is 10.2 Å². The molecular weight excluding hydrogens is 181 g/mol. The van der Waals surface area contributed by atoms with Crippen LogP contribution in [0, 0.1) is 0 Å². The summed E-state index contributed by atoms with van der Waals surface area (Å²) in [6, 6.07) is 0. The third-order valence-electron chi connectivity index (χ3n) is 0.446. The lowest BCUT2D eigenvalue weighted by atomic mass is 10.7. The predicted octanol–water partition coefficient (Wildman–Crippen LogP) is -0.371. The van der Waals surface area contributed by atoms with Crippen LogP contribution in [0.1, 0.15) is 6.92 Å². The Balaban J connectivity index is 0. The molecular formula is C4H7F3N2O3. The van der Waals surface area contributed by atoms with Crippen molar-refractivity contribution in [2.24, 2.45) is 5.84 Å². The van der Waals surface area contributed by atoms with E-state index in [0.717, 1.165) is 0 Å². The van der Waals surface area contributed by atoms with E-state index in [4.69, 9.17) is 9.90 Å². The van der Waals surface area contributed by atoms with Gasteiger partial charge in [0.05, 0.1) is 0 Å². The quantitative estimate of drug-likeness (QED) is 0.274. The Labute approximate surface area is 65.3 Å². The molecule has 0 aromatic rings. The number of nitrogens with one attached hydrogen (secondary N) is 1. The normalized spacial score (nSPS) is 9.42. The van der Waals surface area contributed by atoms with E-state index < -0.39 is 12.1 Å². The molecule has 12 heavy (non-hydrogen) atoms. The molecule has 0 aliphatic heterocycles. The van der Waals surface area contributed by atoms with Crippen molar-refractivity contribution in [1.29, 1.82) is 0 Å². The first-order chi connectivity index (χ1) is 5.21. The van der Waals surface area contributed by atoms with Crippen LogP contribution < -0.4 is 11.3 Å². The van der Waals surface area contributed by atoms with Crippen molar-refractivity contribution in [1.82, 2.24) is 5.43 Å². The zero-order valence-electron chi connectivity index (χ0n) is 5.97. The van der Waals surface area contributed by atoms with E-state index in [-0.39, 0.29) is 5.91 Å². The molecule has 0 rings (SSSR count). The lowest BCUT2D eigenvalue weighted by Crippen LogP contribution is -2.26. The minimum absolute atomic E-state index is 0.218. The highest BCUT2D eigenvalue weighted by atomic mass is 19.4. The molecule has 0 fully saturated rings. The first-order valence-electron chi connectivity index (χ1n) is 2.49. The molecule has 0 aromatic carbocycles. The molecule has 0 atom stereocenters. The summed E-state index contributed by atoms with van der Waals surface area (Å²) in [5.41, 5.74) is 1.89. The largest absolute Gasteiger partial charge is 0.490 e. The second kappa shape index (κ2) is 5.35. The molecule has 5 nitrogen and oxygen atoms in total. The number of nitrogens with two attached hydrogens (primary N) is 1. The average molecular weight is 188 g/mol. The van der Waals surface area contributed by atoms with Gasteiger partial charge in [0.1, 0.15) is 0 Å². The van der Waals surface area contributed by atoms with Crippen LogP contribution in [0.5, 0.6) is 0 Å². The topological polar surface area (TPSA) is 92.4 Å². The zero-order valence-corrected chi connectivity index (χ0v) is 5.97. The summed E-state index contributed by atoms with van der Waals surface area (Å²) >= 11 is 0. The van der Waals surface area contributed by atoms with Gasteiger partial charge in [0.2, 0.25) is 5.91 Å². The Morgan fingerprint density at radius 3 is 1.58 bits per heavy atom. The summed E-state index contributed by atoms with van der Waals surface area (Å²) in [6.45, 7) is 1.35. The fourth-order valence-corrected chi connectivity index (χ4v) is 0. The van der Waals surface area contributed by atoms with Crippen molar-refractivity contribution >= 4 is 11.9 Å². The monoisotopic (exact) mass is 188 g/mol. The highest BCUT2D eigenvalue weighted by Crippen LogP contribution is 2.13. The van der Waals surface area contributed by atoms with Crippen LogP contribution in [0.2, 0.25) is 0 Å². The maximum Gasteiger partial charge on any atom is 0.490 e. The van der Waals surface area contributed by atoms with Crippen molar-refractivity contribution < 1.29 is 27.9 Å². The van der Waals surface area contributed by atoms with Gasteiger partial charge in [-0.15, -0.1) is 0 Å². The SMILES string of the molecule is CC(=O)NN.O=C(O)C(F)(F)F. The van der Waals surface area contributed by atoms with Gasteiger partial charge < -0.3 is 5.11 Å². The van der Waals surface area contributed by atoms with Crippen molar-refractivity contribution in [3.63, 3.8) is 0 Å². The number of alkyl halides is 3. The van der Waals surface area contributed by atoms with Gasteiger partial charge in [0.15, 0.2) is 0 Å². The van der Waals surface area contributed by atoms with Gasteiger partial charge >= 0.3 is 12.1 Å². The number of halogens is 3. The van der Waals surface area contributed by atoms with Gasteiger partial charge in [0.25, 0.3) is 0 Å². The molecule has 0 spiro atoms. The van der Waals surface area contributed by atoms with Crippen LogP contribution in [0.25, 0.3) is 0 Å². The van der Waals surface area contributed by atoms with Crippen LogP contribution in [-0.2, 0) is 9.59 Å². The first-order valence-corrected chi connectivity index (χ1v) is 2.49. The van der Waals surface area contributed by atoms with Crippen LogP contribution in [0.3, 0.4) is 0 Å². The maximum absolute atomic E-state index is 10.6. The fraction of sp³-hybridized carbons (Fsp3) is 0.500. The molecule has 72 valence electrons. The lowest BCUT2D eigenvalue weighted by molar-refractivity contribution is -0.192. The number of amides is 1. The summed E-state index contributed by atoms with van der Waals surface area (Å²) in [6.07, 6.45) is -5.08. The van der Waals surface area contributed by atoms with E-state index in [0.29, 0.717) is 0 Å². The smallest absolute Gasteiger partial charge is 0.475 e. The molecule has 0 saturated heterocycles. The molecule has 0 aliphatic rings. The van der Waals surface area contributed by atoms with Crippen LogP contribution in [0.15, 0.2) is 0 Å². The van der Waals surface area contributed by atoms with Gasteiger partial charge in [0, 0.05) is 6.92 Å². The Morgan fingerprint density at radius 2 is 1.58 bits per heavy atom. The van der Waals surface area contributed by atoms with Gasteiger partial charge in [-0.1, -0.05) is 0 Å². The molecule has 1 amide bonds. The maximum atomic E-state index is 10.6. The van der Waals surface area contributed by atoms with E-state index >= 15 is 0 Å². The number of carboxylic acid groups (broad SMARTS) is 1. The number of aliphatic carboxylic acids is 1. The highest BCUT2D eigenvalue weighted by Gasteiger charge is 2.38. The van der Waals surface area contributed by atoms with Crippen molar-refractivity contribution in [3.05, 3.63) is 0 Å². The van der Waals surface area contributed by atoms with Gasteiger partial charge in [-0.25, -0.2) is 10.6 Å². The van der Waals surface area contributed by atoms with Crippen LogP contribution >= 0.6 is 0 Å². The molecule has 0 aromatic heterocycles. The Kier molecular flexibility index (Phi) is 5.93. The van der Waals surface area contributed by atoms with Crippen molar-refractivity contribution in [2.75, 3.05) is 0 Å². The van der Waals surface area contributed by atoms with E-state index in [1.807, 2.05) is 5.43 Å². The number of hydrazine groups is 1. The van der Waals surface area contributed by atoms with Gasteiger partial charge in [-0.2, -0.15) is 13.2 Å². The molecule has 4 N–H and O–H groups in total. The molecule has 0 bridgehead atoms. The predicted molar refractivity (Wildman–Crippen MR) is 31.7 cm³/mol. The molecule has 0 aliphatic carbocycles. The van der Waals surface area contributed by atoms with E-state index in [1.165, 1.54) is 6.92 Å². The highest BCUT2D eigenvalue weighted by molar-refractivity contribution is 5.73. The number of carbonyl (C=O) groups is 2. The molecule has 0 saturated carbocycles.